The molecule has 0 saturated heterocycles. The summed E-state index contributed by atoms with van der Waals surface area (Å²) in [4.78, 5) is 13.8. The molecule has 21 heavy (non-hydrogen) atoms. The molecule has 0 aliphatic heterocycles. The average Bonchev–Trinajstić information content (AvgIpc) is 2.49. The van der Waals surface area contributed by atoms with Gasteiger partial charge in [-0.2, -0.15) is 0 Å². The van der Waals surface area contributed by atoms with Gasteiger partial charge in [0.15, 0.2) is 6.10 Å². The van der Waals surface area contributed by atoms with Crippen molar-refractivity contribution < 1.29 is 19.1 Å². The van der Waals surface area contributed by atoms with Crippen LogP contribution < -0.4 is 4.74 Å². The average molecular weight is 296 g/mol. The Balaban J connectivity index is 3.00. The first kappa shape index (κ1) is 16.9. The second kappa shape index (κ2) is 7.61. The van der Waals surface area contributed by atoms with Gasteiger partial charge >= 0.3 is 0 Å². The van der Waals surface area contributed by atoms with E-state index in [2.05, 4.69) is 5.16 Å². The van der Waals surface area contributed by atoms with Crippen LogP contribution in [0.25, 0.3) is 0 Å². The van der Waals surface area contributed by atoms with Gasteiger partial charge in [0.25, 0.3) is 5.91 Å². The van der Waals surface area contributed by atoms with E-state index in [1.54, 1.807) is 11.8 Å². The highest BCUT2D eigenvalue weighted by Gasteiger charge is 2.21. The molecule has 0 heterocycles. The fourth-order valence-corrected chi connectivity index (χ4v) is 1.97. The maximum Gasteiger partial charge on any atom is 0.263 e. The quantitative estimate of drug-likeness (QED) is 0.499. The lowest BCUT2D eigenvalue weighted by molar-refractivity contribution is -0.137. The molecule has 0 bridgehead atoms. The van der Waals surface area contributed by atoms with E-state index in [1.807, 2.05) is 13.8 Å². The van der Waals surface area contributed by atoms with Gasteiger partial charge < -0.3 is 14.8 Å². The first-order valence-electron chi connectivity index (χ1n) is 6.88. The van der Waals surface area contributed by atoms with Crippen LogP contribution in [0.4, 0.5) is 4.39 Å². The number of benzene rings is 1. The van der Waals surface area contributed by atoms with Gasteiger partial charge in [0, 0.05) is 18.7 Å². The number of carbonyl (C=O) groups excluding carboxylic acids is 1. The normalized spacial score (nSPS) is 12.9. The Hall–Kier alpha value is -2.11. The fraction of sp³-hybridized carbons (Fsp3) is 0.467. The van der Waals surface area contributed by atoms with Crippen LogP contribution in [-0.2, 0) is 4.79 Å². The van der Waals surface area contributed by atoms with E-state index in [-0.39, 0.29) is 11.6 Å². The van der Waals surface area contributed by atoms with Crippen LogP contribution in [0.5, 0.6) is 5.75 Å². The number of ether oxygens (including phenoxy) is 1. The van der Waals surface area contributed by atoms with Crippen molar-refractivity contribution in [3.8, 4) is 5.75 Å². The summed E-state index contributed by atoms with van der Waals surface area (Å²) in [5.41, 5.74) is 0.531. The molecule has 1 N–H and O–H groups in total. The third-order valence-corrected chi connectivity index (χ3v) is 3.21. The maximum absolute atomic E-state index is 13.3. The minimum atomic E-state index is -0.708. The minimum Gasteiger partial charge on any atom is -0.480 e. The first-order valence-corrected chi connectivity index (χ1v) is 6.88. The smallest absolute Gasteiger partial charge is 0.263 e. The molecule has 1 unspecified atom stereocenters. The van der Waals surface area contributed by atoms with Gasteiger partial charge in [-0.1, -0.05) is 5.16 Å². The molecule has 6 heteroatoms. The standard InChI is InChI=1S/C15H21FN2O3/c1-5-18(6-2)15(19)11(4)21-14-8-7-12(16)9-13(14)10(3)17-20/h7-9,11,20H,5-6H2,1-4H3/b17-10+. The highest BCUT2D eigenvalue weighted by atomic mass is 19.1. The molecule has 1 aromatic carbocycles. The van der Waals surface area contributed by atoms with Crippen molar-refractivity contribution >= 4 is 11.6 Å². The SMILES string of the molecule is CCN(CC)C(=O)C(C)Oc1ccc(F)cc1/C(C)=N/O. The lowest BCUT2D eigenvalue weighted by Gasteiger charge is -2.24. The van der Waals surface area contributed by atoms with Crippen molar-refractivity contribution in [3.05, 3.63) is 29.6 Å². The predicted octanol–water partition coefficient (Wildman–Crippen LogP) is 2.66. The van der Waals surface area contributed by atoms with E-state index >= 15 is 0 Å². The van der Waals surface area contributed by atoms with Crippen LogP contribution in [-0.4, -0.2) is 40.9 Å². The van der Waals surface area contributed by atoms with Crippen LogP contribution in [0.1, 0.15) is 33.3 Å². The molecule has 0 aliphatic rings. The number of nitrogens with zero attached hydrogens (tertiary/aromatic N) is 2. The molecule has 116 valence electrons. The summed E-state index contributed by atoms with van der Waals surface area (Å²) in [7, 11) is 0. The van der Waals surface area contributed by atoms with E-state index in [4.69, 9.17) is 9.94 Å². The van der Waals surface area contributed by atoms with Crippen LogP contribution in [0.2, 0.25) is 0 Å². The van der Waals surface area contributed by atoms with Crippen molar-refractivity contribution in [2.24, 2.45) is 5.16 Å². The van der Waals surface area contributed by atoms with Gasteiger partial charge in [0.05, 0.1) is 5.71 Å². The zero-order chi connectivity index (χ0) is 16.0. The van der Waals surface area contributed by atoms with Crippen molar-refractivity contribution in [2.75, 3.05) is 13.1 Å². The van der Waals surface area contributed by atoms with Crippen LogP contribution >= 0.6 is 0 Å². The summed E-state index contributed by atoms with van der Waals surface area (Å²) in [5, 5.41) is 11.9. The molecular formula is C15H21FN2O3. The third kappa shape index (κ3) is 4.18. The fourth-order valence-electron chi connectivity index (χ4n) is 1.97. The number of halogens is 1. The molecular weight excluding hydrogens is 275 g/mol. The Kier molecular flexibility index (Phi) is 6.14. The number of hydrogen-bond acceptors (Lipinski definition) is 4. The zero-order valence-electron chi connectivity index (χ0n) is 12.8. The number of rotatable bonds is 6. The van der Waals surface area contributed by atoms with E-state index in [1.165, 1.54) is 25.1 Å². The molecule has 1 rings (SSSR count). The zero-order valence-corrected chi connectivity index (χ0v) is 12.8. The summed E-state index contributed by atoms with van der Waals surface area (Å²) in [6.45, 7) is 8.13. The number of amides is 1. The summed E-state index contributed by atoms with van der Waals surface area (Å²) >= 11 is 0. The van der Waals surface area contributed by atoms with Crippen LogP contribution in [0, 0.1) is 5.82 Å². The highest BCUT2D eigenvalue weighted by molar-refractivity contribution is 6.00. The number of oxime groups is 1. The van der Waals surface area contributed by atoms with Crippen molar-refractivity contribution in [3.63, 3.8) is 0 Å². The topological polar surface area (TPSA) is 62.1 Å². The molecule has 0 radical (unpaired) electrons. The summed E-state index contributed by atoms with van der Waals surface area (Å²) in [6.07, 6.45) is -0.708. The Morgan fingerprint density at radius 2 is 2.05 bits per heavy atom. The lowest BCUT2D eigenvalue weighted by Crippen LogP contribution is -2.40. The number of likely N-dealkylation sites (N-methyl/N-ethyl adjacent to an activating group) is 1. The van der Waals surface area contributed by atoms with Crippen LogP contribution in [0.3, 0.4) is 0 Å². The van der Waals surface area contributed by atoms with Crippen molar-refractivity contribution in [1.82, 2.24) is 4.90 Å². The number of hydrogen-bond donors (Lipinski definition) is 1. The van der Waals surface area contributed by atoms with Crippen LogP contribution in [0.15, 0.2) is 23.4 Å². The van der Waals surface area contributed by atoms with E-state index < -0.39 is 11.9 Å². The molecule has 5 nitrogen and oxygen atoms in total. The largest absolute Gasteiger partial charge is 0.480 e. The summed E-state index contributed by atoms with van der Waals surface area (Å²) in [5.74, 6) is -0.309. The Labute approximate surface area is 124 Å². The molecule has 0 aromatic heterocycles. The summed E-state index contributed by atoms with van der Waals surface area (Å²) in [6, 6.07) is 3.86. The highest BCUT2D eigenvalue weighted by Crippen LogP contribution is 2.22. The second-order valence-electron chi connectivity index (χ2n) is 4.60. The third-order valence-electron chi connectivity index (χ3n) is 3.21. The molecule has 1 atom stereocenters. The maximum atomic E-state index is 13.3. The van der Waals surface area contributed by atoms with Crippen molar-refractivity contribution in [2.45, 2.75) is 33.8 Å². The summed E-state index contributed by atoms with van der Waals surface area (Å²) < 4.78 is 18.9. The van der Waals surface area contributed by atoms with E-state index in [0.29, 0.717) is 24.4 Å². The Bertz CT molecular complexity index is 528. The van der Waals surface area contributed by atoms with E-state index in [9.17, 15) is 9.18 Å². The molecule has 0 fully saturated rings. The van der Waals surface area contributed by atoms with Gasteiger partial charge in [-0.3, -0.25) is 4.79 Å². The number of carbonyl (C=O) groups is 1. The minimum absolute atomic E-state index is 0.145. The van der Waals surface area contributed by atoms with Gasteiger partial charge in [-0.05, 0) is 45.9 Å². The molecule has 0 spiro atoms. The first-order chi connectivity index (χ1) is 9.94. The van der Waals surface area contributed by atoms with E-state index in [0.717, 1.165) is 0 Å². The molecule has 1 aromatic rings. The second-order valence-corrected chi connectivity index (χ2v) is 4.60. The van der Waals surface area contributed by atoms with Gasteiger partial charge in [-0.25, -0.2) is 4.39 Å². The molecule has 0 aliphatic carbocycles. The van der Waals surface area contributed by atoms with Gasteiger partial charge in [-0.15, -0.1) is 0 Å². The monoisotopic (exact) mass is 296 g/mol. The molecule has 0 saturated carbocycles. The Morgan fingerprint density at radius 1 is 1.43 bits per heavy atom. The van der Waals surface area contributed by atoms with Gasteiger partial charge in [0.2, 0.25) is 0 Å². The molecule has 1 amide bonds. The van der Waals surface area contributed by atoms with Gasteiger partial charge in [0.1, 0.15) is 11.6 Å². The Morgan fingerprint density at radius 3 is 2.57 bits per heavy atom. The lowest BCUT2D eigenvalue weighted by atomic mass is 10.1. The van der Waals surface area contributed by atoms with Crippen molar-refractivity contribution in [1.29, 1.82) is 0 Å². The predicted molar refractivity (Wildman–Crippen MR) is 78.4 cm³/mol.